The number of anilines is 1. The molecule has 0 radical (unpaired) electrons. The van der Waals surface area contributed by atoms with E-state index in [1.54, 1.807) is 7.11 Å². The second kappa shape index (κ2) is 10.4. The Labute approximate surface area is 178 Å². The lowest BCUT2D eigenvalue weighted by molar-refractivity contribution is -0.113. The molecule has 0 saturated carbocycles. The van der Waals surface area contributed by atoms with E-state index in [4.69, 9.17) is 9.15 Å². The monoisotopic (exact) mass is 429 g/mol. The van der Waals surface area contributed by atoms with Crippen LogP contribution in [0, 0.1) is 0 Å². The number of rotatable bonds is 9. The number of nitrogens with zero attached hydrogens (tertiary/aromatic N) is 2. The van der Waals surface area contributed by atoms with Gasteiger partial charge in [0.1, 0.15) is 5.75 Å². The Hall–Kier alpha value is -2.45. The third kappa shape index (κ3) is 6.83. The van der Waals surface area contributed by atoms with Crippen molar-refractivity contribution in [1.82, 2.24) is 10.2 Å². The van der Waals surface area contributed by atoms with E-state index in [0.717, 1.165) is 16.2 Å². The SMILES string of the molecule is COc1ccc(SCC(=O)Nc2nnc(Cc3ccc(SC(C)C)cc3)o2)cc1. The maximum absolute atomic E-state index is 12.1. The standard InChI is InChI=1S/C21H23N3O3S2/c1-14(2)29-18-8-4-15(5-9-18)12-20-23-24-21(27-20)22-19(25)13-28-17-10-6-16(26-3)7-11-17/h4-11,14H,12-13H2,1-3H3,(H,22,24,25). The van der Waals surface area contributed by atoms with Gasteiger partial charge >= 0.3 is 6.01 Å². The average Bonchev–Trinajstić information content (AvgIpc) is 3.14. The Balaban J connectivity index is 1.48. The Kier molecular flexibility index (Phi) is 7.60. The van der Waals surface area contributed by atoms with Gasteiger partial charge in [0.05, 0.1) is 19.3 Å². The van der Waals surface area contributed by atoms with Crippen molar-refractivity contribution < 1.29 is 13.9 Å². The largest absolute Gasteiger partial charge is 0.497 e. The van der Waals surface area contributed by atoms with E-state index < -0.39 is 0 Å². The topological polar surface area (TPSA) is 77.2 Å². The molecule has 0 saturated heterocycles. The first kappa shape index (κ1) is 21.3. The third-order valence-electron chi connectivity index (χ3n) is 3.79. The fraction of sp³-hybridized carbons (Fsp3) is 0.286. The molecule has 6 nitrogen and oxygen atoms in total. The van der Waals surface area contributed by atoms with Gasteiger partial charge in [0.25, 0.3) is 0 Å². The Morgan fingerprint density at radius 1 is 1.07 bits per heavy atom. The zero-order valence-electron chi connectivity index (χ0n) is 16.5. The van der Waals surface area contributed by atoms with Gasteiger partial charge in [-0.3, -0.25) is 10.1 Å². The van der Waals surface area contributed by atoms with Gasteiger partial charge in [-0.15, -0.1) is 28.6 Å². The maximum Gasteiger partial charge on any atom is 0.322 e. The van der Waals surface area contributed by atoms with Crippen molar-refractivity contribution in [1.29, 1.82) is 0 Å². The van der Waals surface area contributed by atoms with Gasteiger partial charge < -0.3 is 9.15 Å². The van der Waals surface area contributed by atoms with Gasteiger partial charge in [0, 0.05) is 15.0 Å². The van der Waals surface area contributed by atoms with E-state index in [2.05, 4.69) is 53.6 Å². The van der Waals surface area contributed by atoms with E-state index in [1.165, 1.54) is 16.7 Å². The second-order valence-electron chi connectivity index (χ2n) is 6.50. The summed E-state index contributed by atoms with van der Waals surface area (Å²) < 4.78 is 10.7. The van der Waals surface area contributed by atoms with Crippen molar-refractivity contribution in [3.8, 4) is 5.75 Å². The number of ether oxygens (including phenoxy) is 1. The lowest BCUT2D eigenvalue weighted by atomic mass is 10.1. The number of thioether (sulfide) groups is 2. The van der Waals surface area contributed by atoms with Crippen LogP contribution < -0.4 is 10.1 Å². The summed E-state index contributed by atoms with van der Waals surface area (Å²) in [5.74, 6) is 1.30. The summed E-state index contributed by atoms with van der Waals surface area (Å²) in [5, 5.41) is 11.1. The lowest BCUT2D eigenvalue weighted by Crippen LogP contribution is -2.14. The van der Waals surface area contributed by atoms with Crippen LogP contribution in [-0.4, -0.2) is 34.2 Å². The summed E-state index contributed by atoms with van der Waals surface area (Å²) in [6.07, 6.45) is 0.524. The minimum Gasteiger partial charge on any atom is -0.497 e. The molecule has 1 amide bonds. The molecule has 0 spiro atoms. The molecule has 0 aliphatic heterocycles. The molecule has 0 fully saturated rings. The molecule has 1 heterocycles. The van der Waals surface area contributed by atoms with Gasteiger partial charge in [0.2, 0.25) is 11.8 Å². The number of carbonyl (C=O) groups is 1. The predicted octanol–water partition coefficient (Wildman–Crippen LogP) is 4.90. The number of nitrogens with one attached hydrogen (secondary N) is 1. The Morgan fingerprint density at radius 3 is 2.41 bits per heavy atom. The maximum atomic E-state index is 12.1. The van der Waals surface area contributed by atoms with Crippen LogP contribution in [0.5, 0.6) is 5.75 Å². The molecule has 3 rings (SSSR count). The highest BCUT2D eigenvalue weighted by Crippen LogP contribution is 2.24. The van der Waals surface area contributed by atoms with Crippen LogP contribution in [0.4, 0.5) is 6.01 Å². The molecule has 29 heavy (non-hydrogen) atoms. The number of methoxy groups -OCH3 is 1. The molecular formula is C21H23N3O3S2. The second-order valence-corrected chi connectivity index (χ2v) is 9.20. The van der Waals surface area contributed by atoms with Crippen LogP contribution in [0.2, 0.25) is 0 Å². The van der Waals surface area contributed by atoms with Crippen LogP contribution in [0.15, 0.2) is 62.7 Å². The number of amides is 1. The summed E-state index contributed by atoms with van der Waals surface area (Å²) in [4.78, 5) is 14.3. The van der Waals surface area contributed by atoms with Crippen molar-refractivity contribution in [3.63, 3.8) is 0 Å². The van der Waals surface area contributed by atoms with Gasteiger partial charge in [-0.1, -0.05) is 31.1 Å². The van der Waals surface area contributed by atoms with Crippen molar-refractivity contribution in [2.75, 3.05) is 18.2 Å². The van der Waals surface area contributed by atoms with E-state index in [1.807, 2.05) is 36.0 Å². The van der Waals surface area contributed by atoms with Crippen molar-refractivity contribution in [2.24, 2.45) is 0 Å². The minimum atomic E-state index is -0.198. The zero-order chi connectivity index (χ0) is 20.6. The van der Waals surface area contributed by atoms with Crippen molar-refractivity contribution >= 4 is 35.4 Å². The fourth-order valence-electron chi connectivity index (χ4n) is 2.48. The highest BCUT2D eigenvalue weighted by Gasteiger charge is 2.11. The highest BCUT2D eigenvalue weighted by atomic mass is 32.2. The minimum absolute atomic E-state index is 0.118. The summed E-state index contributed by atoms with van der Waals surface area (Å²) in [6, 6.07) is 15.9. The van der Waals surface area contributed by atoms with Crippen LogP contribution >= 0.6 is 23.5 Å². The normalized spacial score (nSPS) is 10.9. The van der Waals surface area contributed by atoms with Crippen LogP contribution in [0.25, 0.3) is 0 Å². The first-order chi connectivity index (χ1) is 14.0. The molecule has 0 aliphatic rings. The molecule has 0 atom stereocenters. The smallest absolute Gasteiger partial charge is 0.322 e. The summed E-state index contributed by atoms with van der Waals surface area (Å²) in [7, 11) is 1.62. The average molecular weight is 430 g/mol. The summed E-state index contributed by atoms with van der Waals surface area (Å²) in [6.45, 7) is 4.34. The van der Waals surface area contributed by atoms with E-state index >= 15 is 0 Å². The van der Waals surface area contributed by atoms with Crippen molar-refractivity contribution in [3.05, 3.63) is 60.0 Å². The van der Waals surface area contributed by atoms with Crippen LogP contribution in [0.1, 0.15) is 25.3 Å². The molecule has 0 aliphatic carbocycles. The highest BCUT2D eigenvalue weighted by molar-refractivity contribution is 8.00. The quantitative estimate of drug-likeness (QED) is 0.485. The van der Waals surface area contributed by atoms with Crippen molar-refractivity contribution in [2.45, 2.75) is 35.3 Å². The third-order valence-corrected chi connectivity index (χ3v) is 5.82. The van der Waals surface area contributed by atoms with Gasteiger partial charge in [-0.2, -0.15) is 0 Å². The van der Waals surface area contributed by atoms with Crippen LogP contribution in [-0.2, 0) is 11.2 Å². The molecule has 3 aromatic rings. The molecule has 152 valence electrons. The Morgan fingerprint density at radius 2 is 1.76 bits per heavy atom. The Bertz CT molecular complexity index is 925. The van der Waals surface area contributed by atoms with Gasteiger partial charge in [-0.05, 0) is 42.0 Å². The zero-order valence-corrected chi connectivity index (χ0v) is 18.2. The summed E-state index contributed by atoms with van der Waals surface area (Å²) in [5.41, 5.74) is 1.08. The molecule has 2 aromatic carbocycles. The number of hydrogen-bond acceptors (Lipinski definition) is 7. The number of benzene rings is 2. The predicted molar refractivity (Wildman–Crippen MR) is 117 cm³/mol. The molecule has 1 N–H and O–H groups in total. The molecule has 0 bridgehead atoms. The van der Waals surface area contributed by atoms with Gasteiger partial charge in [-0.25, -0.2) is 0 Å². The molecular weight excluding hydrogens is 406 g/mol. The number of hydrogen-bond donors (Lipinski definition) is 1. The van der Waals surface area contributed by atoms with E-state index in [9.17, 15) is 4.79 Å². The molecule has 1 aromatic heterocycles. The first-order valence-electron chi connectivity index (χ1n) is 9.16. The number of aromatic nitrogens is 2. The molecule has 0 unspecified atom stereocenters. The fourth-order valence-corrected chi connectivity index (χ4v) is 4.02. The lowest BCUT2D eigenvalue weighted by Gasteiger charge is -2.05. The summed E-state index contributed by atoms with van der Waals surface area (Å²) >= 11 is 3.24. The van der Waals surface area contributed by atoms with Crippen LogP contribution in [0.3, 0.4) is 0 Å². The van der Waals surface area contributed by atoms with E-state index in [-0.39, 0.29) is 17.7 Å². The first-order valence-corrected chi connectivity index (χ1v) is 11.0. The van der Waals surface area contributed by atoms with Gasteiger partial charge in [0.15, 0.2) is 0 Å². The molecule has 8 heteroatoms. The number of carbonyl (C=O) groups excluding carboxylic acids is 1. The van der Waals surface area contributed by atoms with E-state index in [0.29, 0.717) is 17.6 Å².